The van der Waals surface area contributed by atoms with Gasteiger partial charge in [-0.2, -0.15) is 0 Å². The topological polar surface area (TPSA) is 30.9 Å². The molecule has 3 rings (SSSR count). The Labute approximate surface area is 134 Å². The second-order valence-electron chi connectivity index (χ2n) is 6.67. The summed E-state index contributed by atoms with van der Waals surface area (Å²) in [7, 11) is 4.38. The highest BCUT2D eigenvalue weighted by molar-refractivity contribution is 5.80. The lowest BCUT2D eigenvalue weighted by Crippen LogP contribution is -2.48. The summed E-state index contributed by atoms with van der Waals surface area (Å²) in [5.41, 5.74) is 1.39. The maximum absolute atomic E-state index is 4.62. The molecule has 1 aliphatic heterocycles. The molecule has 0 bridgehead atoms. The van der Waals surface area contributed by atoms with Crippen LogP contribution in [0.25, 0.3) is 0 Å². The molecule has 22 heavy (non-hydrogen) atoms. The number of nitrogens with zero attached hydrogens (tertiary/aromatic N) is 3. The van der Waals surface area contributed by atoms with E-state index in [1.807, 2.05) is 0 Å². The summed E-state index contributed by atoms with van der Waals surface area (Å²) in [5.74, 6) is 1.92. The summed E-state index contributed by atoms with van der Waals surface area (Å²) < 4.78 is 0. The van der Waals surface area contributed by atoms with Crippen LogP contribution in [0.5, 0.6) is 0 Å². The van der Waals surface area contributed by atoms with E-state index >= 15 is 0 Å². The van der Waals surface area contributed by atoms with E-state index in [2.05, 4.69) is 64.5 Å². The third-order valence-corrected chi connectivity index (χ3v) is 4.75. The first-order chi connectivity index (χ1) is 10.7. The standard InChI is InChI=1S/C18H28N4/c1-21-12-6-11-19-18(21)20-13-17(16-9-10-16)22(2)14-15-7-4-3-5-8-15/h3-5,7-8,16-17H,6,9-14H2,1-2H3,(H,19,20). The number of guanidine groups is 1. The minimum atomic E-state index is 0.596. The highest BCUT2D eigenvalue weighted by Crippen LogP contribution is 2.35. The second-order valence-corrected chi connectivity index (χ2v) is 6.67. The van der Waals surface area contributed by atoms with Gasteiger partial charge in [-0.05, 0) is 37.8 Å². The van der Waals surface area contributed by atoms with Crippen molar-refractivity contribution >= 4 is 5.96 Å². The largest absolute Gasteiger partial charge is 0.355 e. The Hall–Kier alpha value is -1.55. The average molecular weight is 300 g/mol. The third-order valence-electron chi connectivity index (χ3n) is 4.75. The Bertz CT molecular complexity index is 495. The number of hydrogen-bond acceptors (Lipinski definition) is 4. The van der Waals surface area contributed by atoms with Crippen molar-refractivity contribution in [3.8, 4) is 0 Å². The zero-order valence-electron chi connectivity index (χ0n) is 13.8. The number of likely N-dealkylation sites (N-methyl/N-ethyl adjacent to an activating group) is 1. The van der Waals surface area contributed by atoms with Gasteiger partial charge in [0.2, 0.25) is 0 Å². The number of aliphatic imine (C=N–C) groups is 1. The number of hydrogen-bond donors (Lipinski definition) is 1. The van der Waals surface area contributed by atoms with Crippen molar-refractivity contribution in [1.82, 2.24) is 15.1 Å². The molecule has 120 valence electrons. The lowest BCUT2D eigenvalue weighted by atomic mass is 10.1. The van der Waals surface area contributed by atoms with Gasteiger partial charge in [0.1, 0.15) is 0 Å². The molecule has 1 aliphatic carbocycles. The molecular weight excluding hydrogens is 272 g/mol. The van der Waals surface area contributed by atoms with E-state index in [1.54, 1.807) is 0 Å². The molecule has 1 saturated carbocycles. The van der Waals surface area contributed by atoms with Gasteiger partial charge >= 0.3 is 0 Å². The molecule has 1 aromatic carbocycles. The van der Waals surface area contributed by atoms with E-state index in [0.29, 0.717) is 6.04 Å². The van der Waals surface area contributed by atoms with Crippen molar-refractivity contribution in [1.29, 1.82) is 0 Å². The summed E-state index contributed by atoms with van der Waals surface area (Å²) >= 11 is 0. The maximum atomic E-state index is 4.62. The molecule has 4 nitrogen and oxygen atoms in total. The fraction of sp³-hybridized carbons (Fsp3) is 0.611. The summed E-state index contributed by atoms with van der Waals surface area (Å²) in [5, 5.41) is 3.59. The SMILES string of the molecule is CN1CCCN=C1NCC(C1CC1)N(C)Cc1ccccc1. The van der Waals surface area contributed by atoms with E-state index in [1.165, 1.54) is 24.8 Å². The normalized spacial score (nSPS) is 20.0. The molecule has 1 atom stereocenters. The Morgan fingerprint density at radius 1 is 1.32 bits per heavy atom. The summed E-state index contributed by atoms with van der Waals surface area (Å²) in [6.45, 7) is 4.09. The van der Waals surface area contributed by atoms with Gasteiger partial charge in [-0.1, -0.05) is 30.3 Å². The Kier molecular flexibility index (Phi) is 4.98. The quantitative estimate of drug-likeness (QED) is 0.873. The predicted molar refractivity (Wildman–Crippen MR) is 92.0 cm³/mol. The molecule has 2 aliphatic rings. The highest BCUT2D eigenvalue weighted by Gasteiger charge is 2.34. The van der Waals surface area contributed by atoms with Crippen LogP contribution in [0.2, 0.25) is 0 Å². The van der Waals surface area contributed by atoms with Gasteiger partial charge in [0.15, 0.2) is 5.96 Å². The van der Waals surface area contributed by atoms with Crippen molar-refractivity contribution in [2.45, 2.75) is 31.8 Å². The fourth-order valence-corrected chi connectivity index (χ4v) is 3.26. The van der Waals surface area contributed by atoms with E-state index in [4.69, 9.17) is 0 Å². The molecule has 1 N–H and O–H groups in total. The Morgan fingerprint density at radius 2 is 2.09 bits per heavy atom. The summed E-state index contributed by atoms with van der Waals surface area (Å²) in [6.07, 6.45) is 3.91. The van der Waals surface area contributed by atoms with Crippen molar-refractivity contribution in [3.63, 3.8) is 0 Å². The van der Waals surface area contributed by atoms with Gasteiger partial charge in [0, 0.05) is 39.3 Å². The average Bonchev–Trinajstić information content (AvgIpc) is 3.35. The lowest BCUT2D eigenvalue weighted by molar-refractivity contribution is 0.209. The van der Waals surface area contributed by atoms with Crippen LogP contribution in [0, 0.1) is 5.92 Å². The van der Waals surface area contributed by atoms with Crippen molar-refractivity contribution < 1.29 is 0 Å². The zero-order chi connectivity index (χ0) is 15.4. The number of benzene rings is 1. The molecule has 0 aromatic heterocycles. The van der Waals surface area contributed by atoms with Crippen molar-refractivity contribution in [2.24, 2.45) is 10.9 Å². The van der Waals surface area contributed by atoms with E-state index in [9.17, 15) is 0 Å². The number of rotatable bonds is 6. The van der Waals surface area contributed by atoms with Gasteiger partial charge in [0.25, 0.3) is 0 Å². The highest BCUT2D eigenvalue weighted by atomic mass is 15.3. The van der Waals surface area contributed by atoms with Crippen molar-refractivity contribution in [2.75, 3.05) is 33.7 Å². The van der Waals surface area contributed by atoms with Gasteiger partial charge in [-0.25, -0.2) is 0 Å². The predicted octanol–water partition coefficient (Wildman–Crippen LogP) is 2.18. The minimum Gasteiger partial charge on any atom is -0.355 e. The van der Waals surface area contributed by atoms with E-state index in [0.717, 1.165) is 38.1 Å². The Morgan fingerprint density at radius 3 is 2.77 bits per heavy atom. The molecule has 1 unspecified atom stereocenters. The van der Waals surface area contributed by atoms with Crippen LogP contribution >= 0.6 is 0 Å². The third kappa shape index (κ3) is 4.01. The molecule has 0 saturated heterocycles. The van der Waals surface area contributed by atoms with E-state index < -0.39 is 0 Å². The molecule has 4 heteroatoms. The molecule has 0 radical (unpaired) electrons. The van der Waals surface area contributed by atoms with Crippen molar-refractivity contribution in [3.05, 3.63) is 35.9 Å². The minimum absolute atomic E-state index is 0.596. The van der Waals surface area contributed by atoms with E-state index in [-0.39, 0.29) is 0 Å². The van der Waals surface area contributed by atoms with Gasteiger partial charge in [0.05, 0.1) is 0 Å². The second kappa shape index (κ2) is 7.14. The van der Waals surface area contributed by atoms with Crippen LogP contribution in [0.15, 0.2) is 35.3 Å². The fourth-order valence-electron chi connectivity index (χ4n) is 3.26. The van der Waals surface area contributed by atoms with Crippen LogP contribution < -0.4 is 5.32 Å². The van der Waals surface area contributed by atoms with Gasteiger partial charge in [-0.15, -0.1) is 0 Å². The molecule has 1 heterocycles. The number of nitrogens with one attached hydrogen (secondary N) is 1. The van der Waals surface area contributed by atoms with Crippen LogP contribution in [0.3, 0.4) is 0 Å². The molecule has 0 amide bonds. The first-order valence-corrected chi connectivity index (χ1v) is 8.47. The van der Waals surface area contributed by atoms with Crippen LogP contribution in [0.1, 0.15) is 24.8 Å². The smallest absolute Gasteiger partial charge is 0.193 e. The molecule has 1 aromatic rings. The zero-order valence-corrected chi connectivity index (χ0v) is 13.8. The van der Waals surface area contributed by atoms with Crippen LogP contribution in [-0.2, 0) is 6.54 Å². The lowest BCUT2D eigenvalue weighted by Gasteiger charge is -2.31. The monoisotopic (exact) mass is 300 g/mol. The van der Waals surface area contributed by atoms with Crippen LogP contribution in [-0.4, -0.2) is 55.5 Å². The maximum Gasteiger partial charge on any atom is 0.193 e. The van der Waals surface area contributed by atoms with Gasteiger partial charge < -0.3 is 10.2 Å². The molecule has 1 fully saturated rings. The molecular formula is C18H28N4. The molecule has 0 spiro atoms. The Balaban J connectivity index is 1.57. The first-order valence-electron chi connectivity index (χ1n) is 8.47. The van der Waals surface area contributed by atoms with Gasteiger partial charge in [-0.3, -0.25) is 9.89 Å². The summed E-state index contributed by atoms with van der Waals surface area (Å²) in [6, 6.07) is 11.4. The van der Waals surface area contributed by atoms with Crippen LogP contribution in [0.4, 0.5) is 0 Å². The summed E-state index contributed by atoms with van der Waals surface area (Å²) in [4.78, 5) is 9.36. The first kappa shape index (κ1) is 15.3.